The lowest BCUT2D eigenvalue weighted by atomic mass is 10.8. The van der Waals surface area contributed by atoms with Crippen LogP contribution in [-0.2, 0) is 9.09 Å². The highest BCUT2D eigenvalue weighted by atomic mass is 79.9. The molecule has 0 saturated heterocycles. The summed E-state index contributed by atoms with van der Waals surface area (Å²) in [6, 6.07) is 0. The van der Waals surface area contributed by atoms with E-state index in [1.807, 2.05) is 15.9 Å². The molecule has 0 aliphatic heterocycles. The summed E-state index contributed by atoms with van der Waals surface area (Å²) < 4.78 is 36.6. The van der Waals surface area contributed by atoms with Crippen molar-refractivity contribution >= 4 is 24.2 Å². The first kappa shape index (κ1) is 9.36. The van der Waals surface area contributed by atoms with Crippen molar-refractivity contribution in [3.8, 4) is 0 Å². The fourth-order valence-electron chi connectivity index (χ4n) is 0.128. The van der Waals surface area contributed by atoms with E-state index in [-0.39, 0.29) is 0 Å². The molecule has 0 heterocycles. The number of hydrogen-bond donors (Lipinski definition) is 1. The third-order valence-electron chi connectivity index (χ3n) is 0.339. The zero-order valence-corrected chi connectivity index (χ0v) is 6.53. The van der Waals surface area contributed by atoms with Crippen molar-refractivity contribution in [2.24, 2.45) is 0 Å². The molecule has 0 saturated carbocycles. The normalized spacial score (nSPS) is 13.6. The lowest BCUT2D eigenvalue weighted by Crippen LogP contribution is -2.11. The lowest BCUT2D eigenvalue weighted by Gasteiger charge is -1.99. The van der Waals surface area contributed by atoms with E-state index in [2.05, 4.69) is 4.52 Å². The maximum absolute atomic E-state index is 11.6. The minimum Gasteiger partial charge on any atom is -0.191 e. The predicted molar refractivity (Wildman–Crippen MR) is 29.7 cm³/mol. The largest absolute Gasteiger partial charge is 0.694 e. The molecule has 3 nitrogen and oxygen atoms in total. The van der Waals surface area contributed by atoms with Crippen LogP contribution >= 0.6 is 24.2 Å². The molecule has 0 spiro atoms. The lowest BCUT2D eigenvalue weighted by molar-refractivity contribution is 0.0528. The van der Waals surface area contributed by atoms with Crippen molar-refractivity contribution in [1.82, 2.24) is 0 Å². The van der Waals surface area contributed by atoms with Gasteiger partial charge < -0.3 is 0 Å². The van der Waals surface area contributed by atoms with Gasteiger partial charge in [-0.05, 0) is 15.9 Å². The topological polar surface area (TPSA) is 46.5 Å². The molecular weight excluding hydrogens is 221 g/mol. The third kappa shape index (κ3) is 8.36. The summed E-state index contributed by atoms with van der Waals surface area (Å²) in [6.45, 7) is -1.10. The second kappa shape index (κ2) is 3.51. The summed E-state index contributed by atoms with van der Waals surface area (Å²) in [6.07, 6.45) is 0. The van der Waals surface area contributed by atoms with Crippen LogP contribution in [0.5, 0.6) is 0 Å². The van der Waals surface area contributed by atoms with Gasteiger partial charge in [-0.2, -0.15) is 8.78 Å². The molecule has 0 bridgehead atoms. The van der Waals surface area contributed by atoms with Crippen molar-refractivity contribution in [3.05, 3.63) is 0 Å². The van der Waals surface area contributed by atoms with E-state index in [1.54, 1.807) is 0 Å². The number of hydrogen-bond acceptors (Lipinski definition) is 2. The first-order valence-corrected chi connectivity index (χ1v) is 3.70. The van der Waals surface area contributed by atoms with E-state index < -0.39 is 19.7 Å². The maximum atomic E-state index is 11.6. The molecule has 0 aliphatic rings. The third-order valence-corrected chi connectivity index (χ3v) is 0.918. The molecule has 0 aliphatic carbocycles. The van der Waals surface area contributed by atoms with Gasteiger partial charge in [-0.15, -0.1) is 9.42 Å². The molecule has 0 aromatic carbocycles. The van der Waals surface area contributed by atoms with Crippen LogP contribution in [0.15, 0.2) is 0 Å². The summed E-state index contributed by atoms with van der Waals surface area (Å²) >= 11 is 1.91. The number of rotatable bonds is 3. The van der Waals surface area contributed by atoms with Crippen LogP contribution in [0.4, 0.5) is 8.78 Å². The van der Waals surface area contributed by atoms with E-state index in [4.69, 9.17) is 4.89 Å². The molecular formula is C2H3BrF2O3P+. The molecule has 0 radical (unpaired) electrons. The van der Waals surface area contributed by atoms with E-state index in [0.717, 1.165) is 0 Å². The first-order valence-electron chi connectivity index (χ1n) is 1.77. The first-order chi connectivity index (χ1) is 3.92. The van der Waals surface area contributed by atoms with Crippen molar-refractivity contribution < 1.29 is 22.8 Å². The zero-order chi connectivity index (χ0) is 7.49. The van der Waals surface area contributed by atoms with Gasteiger partial charge in [0.15, 0.2) is 6.61 Å². The van der Waals surface area contributed by atoms with Gasteiger partial charge in [-0.1, -0.05) is 0 Å². The number of halogens is 3. The maximum Gasteiger partial charge on any atom is 0.694 e. The summed E-state index contributed by atoms with van der Waals surface area (Å²) in [5, 5.41) is 0. The Morgan fingerprint density at radius 2 is 2.22 bits per heavy atom. The fourth-order valence-corrected chi connectivity index (χ4v) is 0.692. The molecule has 7 heteroatoms. The Morgan fingerprint density at radius 1 is 1.78 bits per heavy atom. The Bertz CT molecular complexity index is 113. The molecule has 0 amide bonds. The summed E-state index contributed by atoms with van der Waals surface area (Å²) in [7, 11) is -2.92. The van der Waals surface area contributed by atoms with Crippen LogP contribution in [-0.4, -0.2) is 16.3 Å². The van der Waals surface area contributed by atoms with Gasteiger partial charge >= 0.3 is 13.1 Å². The van der Waals surface area contributed by atoms with E-state index in [9.17, 15) is 13.3 Å². The van der Waals surface area contributed by atoms with Crippen molar-refractivity contribution in [2.75, 3.05) is 6.61 Å². The Hall–Kier alpha value is 0.360. The molecule has 9 heavy (non-hydrogen) atoms. The second-order valence-corrected chi connectivity index (χ2v) is 3.02. The molecule has 1 N–H and O–H groups in total. The molecule has 0 aromatic rings. The van der Waals surface area contributed by atoms with E-state index in [1.165, 1.54) is 0 Å². The fraction of sp³-hybridized carbons (Fsp3) is 1.00. The highest BCUT2D eigenvalue weighted by molar-refractivity contribution is 9.10. The van der Waals surface area contributed by atoms with Crippen LogP contribution in [0, 0.1) is 0 Å². The molecule has 0 aromatic heterocycles. The number of alkyl halides is 3. The van der Waals surface area contributed by atoms with Crippen molar-refractivity contribution in [1.29, 1.82) is 0 Å². The highest BCUT2D eigenvalue weighted by Crippen LogP contribution is 2.26. The van der Waals surface area contributed by atoms with Crippen LogP contribution in [0.2, 0.25) is 0 Å². The van der Waals surface area contributed by atoms with Crippen LogP contribution < -0.4 is 0 Å². The zero-order valence-electron chi connectivity index (χ0n) is 4.05. The van der Waals surface area contributed by atoms with Gasteiger partial charge in [0.05, 0.1) is 0 Å². The highest BCUT2D eigenvalue weighted by Gasteiger charge is 2.30. The standard InChI is InChI=1S/C2H2BrF2O3P/c3-2(4,5)1-8-9(6)7/h1H2/p+1. The summed E-state index contributed by atoms with van der Waals surface area (Å²) in [5.41, 5.74) is 0. The van der Waals surface area contributed by atoms with Crippen molar-refractivity contribution in [2.45, 2.75) is 4.83 Å². The van der Waals surface area contributed by atoms with Gasteiger partial charge in [0, 0.05) is 4.57 Å². The van der Waals surface area contributed by atoms with Crippen LogP contribution in [0.3, 0.4) is 0 Å². The molecule has 0 fully saturated rings. The average molecular weight is 224 g/mol. The molecule has 0 rings (SSSR count). The second-order valence-electron chi connectivity index (χ2n) is 1.13. The molecule has 1 unspecified atom stereocenters. The Labute approximate surface area is 59.1 Å². The van der Waals surface area contributed by atoms with Crippen molar-refractivity contribution in [3.63, 3.8) is 0 Å². The van der Waals surface area contributed by atoms with E-state index in [0.29, 0.717) is 0 Å². The Kier molecular flexibility index (Phi) is 3.65. The van der Waals surface area contributed by atoms with Crippen LogP contribution in [0.25, 0.3) is 0 Å². The predicted octanol–water partition coefficient (Wildman–Crippen LogP) is 1.64. The molecule has 1 atom stereocenters. The van der Waals surface area contributed by atoms with Gasteiger partial charge in [-0.3, -0.25) is 0 Å². The smallest absolute Gasteiger partial charge is 0.191 e. The van der Waals surface area contributed by atoms with Gasteiger partial charge in [0.25, 0.3) is 0 Å². The SMILES string of the molecule is O=[P+](O)OCC(F)(F)Br. The summed E-state index contributed by atoms with van der Waals surface area (Å²) in [5.74, 6) is 0. The van der Waals surface area contributed by atoms with Gasteiger partial charge in [0.1, 0.15) is 0 Å². The van der Waals surface area contributed by atoms with E-state index >= 15 is 0 Å². The quantitative estimate of drug-likeness (QED) is 0.585. The monoisotopic (exact) mass is 223 g/mol. The van der Waals surface area contributed by atoms with Gasteiger partial charge in [0.2, 0.25) is 0 Å². The average Bonchev–Trinajstić information content (AvgIpc) is 1.59. The minimum absolute atomic E-state index is 1.10. The minimum atomic E-state index is -3.22. The van der Waals surface area contributed by atoms with Gasteiger partial charge in [-0.25, -0.2) is 0 Å². The Balaban J connectivity index is 3.39. The van der Waals surface area contributed by atoms with Crippen LogP contribution in [0.1, 0.15) is 0 Å². The Morgan fingerprint density at radius 3 is 2.33 bits per heavy atom. The molecule has 54 valence electrons. The summed E-state index contributed by atoms with van der Waals surface area (Å²) in [4.78, 5) is 4.63.